The maximum Gasteiger partial charge on any atom is 0.251 e. The van der Waals surface area contributed by atoms with Crippen LogP contribution >= 0.6 is 0 Å². The third-order valence-corrected chi connectivity index (χ3v) is 4.52. The van der Waals surface area contributed by atoms with Gasteiger partial charge in [0.25, 0.3) is 5.91 Å². The van der Waals surface area contributed by atoms with Crippen molar-refractivity contribution in [3.05, 3.63) is 35.4 Å². The fourth-order valence-corrected chi connectivity index (χ4v) is 3.08. The van der Waals surface area contributed by atoms with Crippen molar-refractivity contribution in [2.75, 3.05) is 20.1 Å². The first-order valence-corrected chi connectivity index (χ1v) is 7.81. The van der Waals surface area contributed by atoms with Crippen LogP contribution in [0, 0.1) is 0 Å². The second-order valence-corrected chi connectivity index (χ2v) is 5.91. The van der Waals surface area contributed by atoms with Gasteiger partial charge in [-0.05, 0) is 30.9 Å². The minimum absolute atomic E-state index is 0.0246. The molecule has 0 aromatic heterocycles. The number of nitrogens with one attached hydrogen (secondary N) is 1. The van der Waals surface area contributed by atoms with E-state index < -0.39 is 0 Å². The largest absolute Gasteiger partial charge is 0.390 e. The molecule has 1 aliphatic heterocycles. The molecule has 1 aromatic rings. The van der Waals surface area contributed by atoms with Crippen LogP contribution in [0.4, 0.5) is 0 Å². The summed E-state index contributed by atoms with van der Waals surface area (Å²) in [6, 6.07) is 8.08. The van der Waals surface area contributed by atoms with Crippen LogP contribution in [0.2, 0.25) is 0 Å². The number of rotatable bonds is 6. The molecule has 0 aliphatic carbocycles. The average Bonchev–Trinajstić information content (AvgIpc) is 2.52. The van der Waals surface area contributed by atoms with Gasteiger partial charge < -0.3 is 10.4 Å². The molecular formula is C17H26N2O2. The van der Waals surface area contributed by atoms with Crippen LogP contribution in [-0.2, 0) is 0 Å². The van der Waals surface area contributed by atoms with Gasteiger partial charge in [-0.2, -0.15) is 0 Å². The molecule has 21 heavy (non-hydrogen) atoms. The molecule has 1 fully saturated rings. The van der Waals surface area contributed by atoms with Crippen molar-refractivity contribution >= 4 is 5.91 Å². The van der Waals surface area contributed by atoms with Gasteiger partial charge in [0.2, 0.25) is 0 Å². The lowest BCUT2D eigenvalue weighted by molar-refractivity contribution is -0.0551. The highest BCUT2D eigenvalue weighted by atomic mass is 16.3. The predicted octanol–water partition coefficient (Wildman–Crippen LogP) is 1.99. The molecule has 116 valence electrons. The van der Waals surface area contributed by atoms with E-state index in [1.807, 2.05) is 18.2 Å². The molecule has 0 saturated carbocycles. The van der Waals surface area contributed by atoms with E-state index in [4.69, 9.17) is 0 Å². The van der Waals surface area contributed by atoms with Crippen LogP contribution in [0.1, 0.15) is 48.5 Å². The summed E-state index contributed by atoms with van der Waals surface area (Å²) < 4.78 is 0. The summed E-state index contributed by atoms with van der Waals surface area (Å²) in [4.78, 5) is 14.4. The van der Waals surface area contributed by atoms with Crippen molar-refractivity contribution in [2.24, 2.45) is 0 Å². The van der Waals surface area contributed by atoms with Gasteiger partial charge in [0.05, 0.1) is 6.10 Å². The molecule has 4 heteroatoms. The van der Waals surface area contributed by atoms with Crippen LogP contribution in [0.25, 0.3) is 0 Å². The minimum atomic E-state index is -0.207. The Bertz CT molecular complexity index is 489. The maximum atomic E-state index is 12.1. The molecule has 2 N–H and O–H groups in total. The molecule has 2 rings (SSSR count). The lowest BCUT2D eigenvalue weighted by atomic mass is 9.87. The van der Waals surface area contributed by atoms with Crippen LogP contribution in [-0.4, -0.2) is 48.2 Å². The van der Waals surface area contributed by atoms with E-state index >= 15 is 0 Å². The molecule has 1 saturated heterocycles. The van der Waals surface area contributed by atoms with E-state index in [1.54, 1.807) is 7.05 Å². The van der Waals surface area contributed by atoms with Gasteiger partial charge >= 0.3 is 0 Å². The Morgan fingerprint density at radius 2 is 2.19 bits per heavy atom. The molecule has 0 radical (unpaired) electrons. The molecule has 1 heterocycles. The van der Waals surface area contributed by atoms with E-state index in [9.17, 15) is 9.90 Å². The summed E-state index contributed by atoms with van der Waals surface area (Å²) in [6.45, 7) is 5.87. The molecule has 0 unspecified atom stereocenters. The van der Waals surface area contributed by atoms with Crippen molar-refractivity contribution in [3.8, 4) is 0 Å². The lowest BCUT2D eigenvalue weighted by Gasteiger charge is -2.45. The van der Waals surface area contributed by atoms with Gasteiger partial charge in [-0.25, -0.2) is 0 Å². The van der Waals surface area contributed by atoms with E-state index in [0.717, 1.165) is 37.1 Å². The number of likely N-dealkylation sites (tertiary alicyclic amines) is 1. The summed E-state index contributed by atoms with van der Waals surface area (Å²) in [5.41, 5.74) is 1.89. The Balaban J connectivity index is 2.20. The average molecular weight is 290 g/mol. The van der Waals surface area contributed by atoms with Gasteiger partial charge in [0.15, 0.2) is 0 Å². The van der Waals surface area contributed by atoms with Gasteiger partial charge in [-0.3, -0.25) is 9.69 Å². The number of aliphatic hydroxyl groups excluding tert-OH is 1. The number of nitrogens with zero attached hydrogens (tertiary/aromatic N) is 1. The fraction of sp³-hybridized carbons (Fsp3) is 0.588. The van der Waals surface area contributed by atoms with E-state index in [1.165, 1.54) is 0 Å². The summed E-state index contributed by atoms with van der Waals surface area (Å²) in [5, 5.41) is 12.4. The maximum absolute atomic E-state index is 12.1. The van der Waals surface area contributed by atoms with Crippen LogP contribution in [0.5, 0.6) is 0 Å². The number of β-amino-alcohol motifs (C(OH)–C–C–N with tert-alkyl or cyclic N) is 1. The zero-order valence-corrected chi connectivity index (χ0v) is 13.2. The van der Waals surface area contributed by atoms with Gasteiger partial charge in [0, 0.05) is 31.7 Å². The van der Waals surface area contributed by atoms with Crippen molar-refractivity contribution in [2.45, 2.75) is 44.8 Å². The number of benzene rings is 1. The standard InChI is InChI=1S/C17H26N2O2/c1-4-7-13(10-19-11-16(20)12(19)2)14-8-5-6-9-15(14)17(21)18-3/h5-6,8-9,12-13,16,20H,4,7,10-11H2,1-3H3,(H,18,21)/t12-,13-,16+/m1/s1. The zero-order valence-electron chi connectivity index (χ0n) is 13.2. The number of aliphatic hydroxyl groups is 1. The monoisotopic (exact) mass is 290 g/mol. The van der Waals surface area contributed by atoms with Gasteiger partial charge in [-0.1, -0.05) is 31.5 Å². The molecule has 1 amide bonds. The molecular weight excluding hydrogens is 264 g/mol. The topological polar surface area (TPSA) is 52.6 Å². The van der Waals surface area contributed by atoms with Crippen molar-refractivity contribution < 1.29 is 9.90 Å². The molecule has 4 nitrogen and oxygen atoms in total. The Morgan fingerprint density at radius 1 is 1.48 bits per heavy atom. The highest BCUT2D eigenvalue weighted by Crippen LogP contribution is 2.29. The fourth-order valence-electron chi connectivity index (χ4n) is 3.08. The number of hydrogen-bond acceptors (Lipinski definition) is 3. The molecule has 3 atom stereocenters. The lowest BCUT2D eigenvalue weighted by Crippen LogP contribution is -2.59. The first-order chi connectivity index (χ1) is 10.1. The van der Waals surface area contributed by atoms with E-state index in [0.29, 0.717) is 5.92 Å². The van der Waals surface area contributed by atoms with Crippen molar-refractivity contribution in [1.82, 2.24) is 10.2 Å². The van der Waals surface area contributed by atoms with Crippen molar-refractivity contribution in [3.63, 3.8) is 0 Å². The van der Waals surface area contributed by atoms with Crippen LogP contribution in [0.3, 0.4) is 0 Å². The Morgan fingerprint density at radius 3 is 2.76 bits per heavy atom. The summed E-state index contributed by atoms with van der Waals surface area (Å²) in [7, 11) is 1.67. The SMILES string of the molecule is CCC[C@H](CN1C[C@H](O)[C@H]1C)c1ccccc1C(=O)NC. The second kappa shape index (κ2) is 7.05. The number of carbonyl (C=O) groups excluding carboxylic acids is 1. The summed E-state index contributed by atoms with van der Waals surface area (Å²) in [5.74, 6) is 0.307. The third-order valence-electron chi connectivity index (χ3n) is 4.52. The van der Waals surface area contributed by atoms with Crippen molar-refractivity contribution in [1.29, 1.82) is 0 Å². The molecule has 1 aromatic carbocycles. The zero-order chi connectivity index (χ0) is 15.4. The first-order valence-electron chi connectivity index (χ1n) is 7.81. The van der Waals surface area contributed by atoms with Gasteiger partial charge in [-0.15, -0.1) is 0 Å². The highest BCUT2D eigenvalue weighted by Gasteiger charge is 2.35. The number of hydrogen-bond donors (Lipinski definition) is 2. The summed E-state index contributed by atoms with van der Waals surface area (Å²) >= 11 is 0. The van der Waals surface area contributed by atoms with Crippen LogP contribution in [0.15, 0.2) is 24.3 Å². The molecule has 1 aliphatic rings. The van der Waals surface area contributed by atoms with Crippen LogP contribution < -0.4 is 5.32 Å². The summed E-state index contributed by atoms with van der Waals surface area (Å²) in [6.07, 6.45) is 1.92. The second-order valence-electron chi connectivity index (χ2n) is 5.91. The Labute approximate surface area is 127 Å². The highest BCUT2D eigenvalue weighted by molar-refractivity contribution is 5.95. The predicted molar refractivity (Wildman–Crippen MR) is 84.5 cm³/mol. The molecule has 0 bridgehead atoms. The smallest absolute Gasteiger partial charge is 0.251 e. The number of amides is 1. The first kappa shape index (κ1) is 16.0. The third kappa shape index (κ3) is 3.44. The van der Waals surface area contributed by atoms with Gasteiger partial charge in [0.1, 0.15) is 0 Å². The Hall–Kier alpha value is -1.39. The van der Waals surface area contributed by atoms with E-state index in [-0.39, 0.29) is 18.1 Å². The quantitative estimate of drug-likeness (QED) is 0.842. The molecule has 0 spiro atoms. The van der Waals surface area contributed by atoms with E-state index in [2.05, 4.69) is 30.1 Å². The minimum Gasteiger partial charge on any atom is -0.390 e. The number of carbonyl (C=O) groups is 1. The normalized spacial score (nSPS) is 23.4. The Kier molecular flexibility index (Phi) is 5.37.